The van der Waals surface area contributed by atoms with Gasteiger partial charge in [-0.15, -0.1) is 24.0 Å². The van der Waals surface area contributed by atoms with E-state index in [1.54, 1.807) is 0 Å². The molecule has 2 rings (SSSR count). The summed E-state index contributed by atoms with van der Waals surface area (Å²) in [5.41, 5.74) is 6.72. The molecule has 0 bridgehead atoms. The summed E-state index contributed by atoms with van der Waals surface area (Å²) in [6.07, 6.45) is 4.77. The molecule has 1 heterocycles. The van der Waals surface area contributed by atoms with E-state index in [1.165, 1.54) is 5.56 Å². The van der Waals surface area contributed by atoms with Crippen molar-refractivity contribution in [2.45, 2.75) is 39.0 Å². The number of amides is 1. The van der Waals surface area contributed by atoms with Gasteiger partial charge in [-0.25, -0.2) is 0 Å². The van der Waals surface area contributed by atoms with Crippen molar-refractivity contribution in [3.63, 3.8) is 0 Å². The van der Waals surface area contributed by atoms with Crippen LogP contribution < -0.4 is 11.1 Å². The Morgan fingerprint density at radius 2 is 2.26 bits per heavy atom. The molecule has 2 unspecified atom stereocenters. The van der Waals surface area contributed by atoms with Gasteiger partial charge in [0.05, 0.1) is 0 Å². The lowest BCUT2D eigenvalue weighted by Gasteiger charge is -2.35. The fraction of sp³-hybridized carbons (Fsp3) is 0.600. The third-order valence-corrected chi connectivity index (χ3v) is 5.55. The lowest BCUT2D eigenvalue weighted by Crippen LogP contribution is -2.48. The molecule has 152 valence electrons. The summed E-state index contributed by atoms with van der Waals surface area (Å²) in [4.78, 5) is 17.9. The highest BCUT2D eigenvalue weighted by atomic mass is 127. The van der Waals surface area contributed by atoms with Gasteiger partial charge in [-0.2, -0.15) is 0 Å². The molecule has 0 radical (unpaired) electrons. The van der Waals surface area contributed by atoms with E-state index in [4.69, 9.17) is 5.73 Å². The van der Waals surface area contributed by atoms with E-state index in [1.807, 2.05) is 7.05 Å². The van der Waals surface area contributed by atoms with Crippen LogP contribution in [0.15, 0.2) is 33.7 Å². The minimum Gasteiger partial charge on any atom is -0.370 e. The van der Waals surface area contributed by atoms with E-state index in [2.05, 4.69) is 62.3 Å². The Morgan fingerprint density at radius 1 is 1.48 bits per heavy atom. The van der Waals surface area contributed by atoms with Crippen molar-refractivity contribution < 1.29 is 4.79 Å². The Labute approximate surface area is 188 Å². The number of rotatable bonds is 7. The number of guanidine groups is 1. The number of carbonyl (C=O) groups is 1. The van der Waals surface area contributed by atoms with E-state index in [0.29, 0.717) is 18.3 Å². The number of hydrogen-bond acceptors (Lipinski definition) is 2. The van der Waals surface area contributed by atoms with Gasteiger partial charge >= 0.3 is 0 Å². The van der Waals surface area contributed by atoms with E-state index in [9.17, 15) is 4.79 Å². The standard InChI is InChI=1S/C20H31BrN4O.HI/c1-3-15(10-16-6-4-8-18(21)11-16)13-24-20(23-2)25-9-5-7-17(14-25)12-19(22)26;/h4,6,8,11,15,17H,3,5,7,9-10,12-14H2,1-2H3,(H2,22,26)(H,23,24);1H. The maximum atomic E-state index is 11.2. The van der Waals surface area contributed by atoms with Gasteiger partial charge in [0.2, 0.25) is 5.91 Å². The molecule has 5 nitrogen and oxygen atoms in total. The number of nitrogens with one attached hydrogen (secondary N) is 1. The van der Waals surface area contributed by atoms with Crippen LogP contribution in [-0.2, 0) is 11.2 Å². The molecule has 1 saturated heterocycles. The molecule has 0 aromatic heterocycles. The van der Waals surface area contributed by atoms with Crippen molar-refractivity contribution in [1.29, 1.82) is 0 Å². The van der Waals surface area contributed by atoms with Gasteiger partial charge < -0.3 is 16.0 Å². The zero-order valence-corrected chi connectivity index (χ0v) is 20.2. The van der Waals surface area contributed by atoms with Gasteiger partial charge in [0.1, 0.15) is 0 Å². The summed E-state index contributed by atoms with van der Waals surface area (Å²) in [7, 11) is 1.83. The Hall–Kier alpha value is -0.830. The number of piperidine rings is 1. The number of likely N-dealkylation sites (tertiary alicyclic amines) is 1. The van der Waals surface area contributed by atoms with Crippen LogP contribution in [0.5, 0.6) is 0 Å². The van der Waals surface area contributed by atoms with Crippen molar-refractivity contribution in [1.82, 2.24) is 10.2 Å². The predicted molar refractivity (Wildman–Crippen MR) is 127 cm³/mol. The van der Waals surface area contributed by atoms with Crippen molar-refractivity contribution in [3.05, 3.63) is 34.3 Å². The van der Waals surface area contributed by atoms with Crippen LogP contribution in [-0.4, -0.2) is 43.4 Å². The van der Waals surface area contributed by atoms with Crippen LogP contribution in [0, 0.1) is 11.8 Å². The van der Waals surface area contributed by atoms with Gasteiger partial charge in [-0.1, -0.05) is 41.4 Å². The Balaban J connectivity index is 0.00000364. The first-order valence-electron chi connectivity index (χ1n) is 9.50. The molecule has 0 aliphatic carbocycles. The van der Waals surface area contributed by atoms with Crippen molar-refractivity contribution >= 4 is 51.8 Å². The maximum Gasteiger partial charge on any atom is 0.217 e. The topological polar surface area (TPSA) is 70.7 Å². The third kappa shape index (κ3) is 8.37. The zero-order chi connectivity index (χ0) is 18.9. The van der Waals surface area contributed by atoms with E-state index >= 15 is 0 Å². The molecule has 1 amide bonds. The van der Waals surface area contributed by atoms with Crippen LogP contribution in [0.1, 0.15) is 38.2 Å². The molecule has 1 aromatic rings. The number of aliphatic imine (C=N–C) groups is 1. The SMILES string of the molecule is CCC(CNC(=NC)N1CCCC(CC(N)=O)C1)Cc1cccc(Br)c1.I. The fourth-order valence-electron chi connectivity index (χ4n) is 3.63. The molecule has 2 atom stereocenters. The average molecular weight is 551 g/mol. The number of nitrogens with two attached hydrogens (primary N) is 1. The summed E-state index contributed by atoms with van der Waals surface area (Å²) in [6.45, 7) is 4.96. The quantitative estimate of drug-likeness (QED) is 0.308. The maximum absolute atomic E-state index is 11.2. The van der Waals surface area contributed by atoms with E-state index in [0.717, 1.165) is 55.7 Å². The fourth-order valence-corrected chi connectivity index (χ4v) is 4.08. The molecule has 0 saturated carbocycles. The second kappa shape index (κ2) is 12.6. The molecule has 27 heavy (non-hydrogen) atoms. The normalized spacial score (nSPS) is 18.6. The molecule has 1 aliphatic heterocycles. The molecule has 1 aromatic carbocycles. The molecule has 0 spiro atoms. The number of nitrogens with zero attached hydrogens (tertiary/aromatic N) is 2. The Kier molecular flexibility index (Phi) is 11.3. The molecule has 1 aliphatic rings. The zero-order valence-electron chi connectivity index (χ0n) is 16.3. The highest BCUT2D eigenvalue weighted by Crippen LogP contribution is 2.20. The molecular formula is C20H32BrIN4O. The van der Waals surface area contributed by atoms with Crippen molar-refractivity contribution in [2.24, 2.45) is 22.6 Å². The largest absolute Gasteiger partial charge is 0.370 e. The summed E-state index contributed by atoms with van der Waals surface area (Å²) in [6, 6.07) is 8.52. The number of carbonyl (C=O) groups excluding carboxylic acids is 1. The summed E-state index contributed by atoms with van der Waals surface area (Å²) in [5.74, 6) is 1.61. The predicted octanol–water partition coefficient (Wildman–Crippen LogP) is 3.80. The van der Waals surface area contributed by atoms with Crippen LogP contribution in [0.25, 0.3) is 0 Å². The van der Waals surface area contributed by atoms with Crippen molar-refractivity contribution in [3.8, 4) is 0 Å². The van der Waals surface area contributed by atoms with Gasteiger partial charge in [-0.3, -0.25) is 9.79 Å². The minimum atomic E-state index is -0.208. The lowest BCUT2D eigenvalue weighted by molar-refractivity contribution is -0.119. The first-order valence-corrected chi connectivity index (χ1v) is 10.3. The van der Waals surface area contributed by atoms with Gasteiger partial charge in [0.15, 0.2) is 5.96 Å². The second-order valence-corrected chi connectivity index (χ2v) is 8.08. The molecule has 7 heteroatoms. The first kappa shape index (κ1) is 24.2. The van der Waals surface area contributed by atoms with Gasteiger partial charge in [-0.05, 0) is 48.8 Å². The minimum absolute atomic E-state index is 0. The second-order valence-electron chi connectivity index (χ2n) is 7.16. The molecular weight excluding hydrogens is 519 g/mol. The molecule has 3 N–H and O–H groups in total. The lowest BCUT2D eigenvalue weighted by atomic mass is 9.94. The van der Waals surface area contributed by atoms with Crippen molar-refractivity contribution in [2.75, 3.05) is 26.7 Å². The Bertz CT molecular complexity index is 626. The monoisotopic (exact) mass is 550 g/mol. The number of hydrogen-bond donors (Lipinski definition) is 2. The first-order chi connectivity index (χ1) is 12.5. The number of primary amides is 1. The summed E-state index contributed by atoms with van der Waals surface area (Å²) >= 11 is 3.55. The number of halogens is 2. The van der Waals surface area contributed by atoms with E-state index < -0.39 is 0 Å². The number of benzene rings is 1. The molecule has 1 fully saturated rings. The highest BCUT2D eigenvalue weighted by molar-refractivity contribution is 14.0. The van der Waals surface area contributed by atoms with Crippen LogP contribution in [0.3, 0.4) is 0 Å². The third-order valence-electron chi connectivity index (χ3n) is 5.06. The highest BCUT2D eigenvalue weighted by Gasteiger charge is 2.23. The Morgan fingerprint density at radius 3 is 2.89 bits per heavy atom. The summed E-state index contributed by atoms with van der Waals surface area (Å²) < 4.78 is 1.13. The summed E-state index contributed by atoms with van der Waals surface area (Å²) in [5, 5.41) is 3.55. The smallest absolute Gasteiger partial charge is 0.217 e. The van der Waals surface area contributed by atoms with Crippen LogP contribution >= 0.6 is 39.9 Å². The van der Waals surface area contributed by atoms with Gasteiger partial charge in [0, 0.05) is 37.6 Å². The van der Waals surface area contributed by atoms with Crippen LogP contribution in [0.4, 0.5) is 0 Å². The van der Waals surface area contributed by atoms with Gasteiger partial charge in [0.25, 0.3) is 0 Å². The van der Waals surface area contributed by atoms with E-state index in [-0.39, 0.29) is 29.9 Å². The average Bonchev–Trinajstić information content (AvgIpc) is 2.61. The van der Waals surface area contributed by atoms with Crippen LogP contribution in [0.2, 0.25) is 0 Å².